The quantitative estimate of drug-likeness (QED) is 0.0922. The average molecular weight is 756 g/mol. The van der Waals surface area contributed by atoms with Gasteiger partial charge >= 0.3 is 0 Å². The van der Waals surface area contributed by atoms with E-state index in [-0.39, 0.29) is 5.91 Å². The fourth-order valence-electron chi connectivity index (χ4n) is 7.98. The predicted molar refractivity (Wildman–Crippen MR) is 215 cm³/mol. The van der Waals surface area contributed by atoms with E-state index in [4.69, 9.17) is 14.5 Å². The number of aryl methyl sites for hydroxylation is 1. The third kappa shape index (κ3) is 8.37. The van der Waals surface area contributed by atoms with Gasteiger partial charge in [-0.25, -0.2) is 0 Å². The van der Waals surface area contributed by atoms with E-state index in [1.807, 2.05) is 24.7 Å². The molecule has 3 aromatic heterocycles. The van der Waals surface area contributed by atoms with Crippen molar-refractivity contribution >= 4 is 39.5 Å². The molecule has 8 rings (SSSR count). The second-order valence-electron chi connectivity index (χ2n) is 15.0. The Hall–Kier alpha value is -5.43. The summed E-state index contributed by atoms with van der Waals surface area (Å²) in [4.78, 5) is 57.1. The molecule has 0 radical (unpaired) electrons. The van der Waals surface area contributed by atoms with Gasteiger partial charge < -0.3 is 24.7 Å². The van der Waals surface area contributed by atoms with Gasteiger partial charge in [0.1, 0.15) is 11.8 Å². The molecule has 3 aliphatic rings. The Morgan fingerprint density at radius 1 is 0.750 bits per heavy atom. The highest BCUT2D eigenvalue weighted by Gasteiger charge is 2.44. The highest BCUT2D eigenvalue weighted by Crippen LogP contribution is 2.32. The fraction of sp³-hybridized carbons (Fsp3) is 0.386. The molecule has 1 unspecified atom stereocenters. The Labute approximate surface area is 326 Å². The number of nitrogens with one attached hydrogen (secondary N) is 2. The second kappa shape index (κ2) is 17.2. The van der Waals surface area contributed by atoms with Crippen LogP contribution in [0.25, 0.3) is 32.9 Å². The van der Waals surface area contributed by atoms with Crippen LogP contribution in [0.3, 0.4) is 0 Å². The van der Waals surface area contributed by atoms with Gasteiger partial charge in [0, 0.05) is 96.7 Å². The molecule has 0 spiro atoms. The Morgan fingerprint density at radius 2 is 1.57 bits per heavy atom. The fourth-order valence-corrected chi connectivity index (χ4v) is 7.98. The highest BCUT2D eigenvalue weighted by molar-refractivity contribution is 6.23. The lowest BCUT2D eigenvalue weighted by molar-refractivity contribution is -0.125. The van der Waals surface area contributed by atoms with Crippen LogP contribution in [0.15, 0.2) is 85.5 Å². The predicted octanol–water partition coefficient (Wildman–Crippen LogP) is 5.98. The van der Waals surface area contributed by atoms with Crippen molar-refractivity contribution in [1.29, 1.82) is 0 Å². The number of aromatic nitrogens is 3. The molecule has 0 saturated carbocycles. The number of hydrogen-bond donors (Lipinski definition) is 2. The standard InChI is InChI=1S/C44H49N7O5/c1-30-7-14-41(42(52)47-30)51-43(53)36-13-11-34(27-37(36)44(51)54)56-24-4-2-3-17-49-18-20-50(21-19-49)22-25-55-23-5-6-33-10-8-32(28-46-33)31-9-12-35-38-29-45-16-15-39(38)48-40(35)26-31/h8-13,15-16,26-29,41,48H,1-7,14,17-25H2,(H,47,52). The molecule has 2 aromatic carbocycles. The van der Waals surface area contributed by atoms with Crippen molar-refractivity contribution in [1.82, 2.24) is 35.0 Å². The van der Waals surface area contributed by atoms with Crippen LogP contribution in [0.1, 0.15) is 64.9 Å². The maximum absolute atomic E-state index is 13.1. The first-order valence-corrected chi connectivity index (χ1v) is 19.9. The molecule has 6 heterocycles. The minimum atomic E-state index is -0.816. The van der Waals surface area contributed by atoms with Crippen LogP contribution < -0.4 is 10.1 Å². The van der Waals surface area contributed by atoms with E-state index in [1.54, 1.807) is 18.2 Å². The van der Waals surface area contributed by atoms with Gasteiger partial charge in [0.25, 0.3) is 11.8 Å². The molecule has 2 fully saturated rings. The number of carbonyl (C=O) groups excluding carboxylic acids is 3. The molecule has 2 saturated heterocycles. The highest BCUT2D eigenvalue weighted by atomic mass is 16.5. The summed E-state index contributed by atoms with van der Waals surface area (Å²) in [6.45, 7) is 12.1. The van der Waals surface area contributed by atoms with Crippen LogP contribution in [0.2, 0.25) is 0 Å². The van der Waals surface area contributed by atoms with E-state index in [0.717, 1.165) is 123 Å². The summed E-state index contributed by atoms with van der Waals surface area (Å²) >= 11 is 0. The van der Waals surface area contributed by atoms with E-state index in [2.05, 4.69) is 62.0 Å². The number of allylic oxidation sites excluding steroid dienone is 1. The first-order valence-electron chi connectivity index (χ1n) is 19.9. The zero-order valence-corrected chi connectivity index (χ0v) is 31.8. The van der Waals surface area contributed by atoms with Gasteiger partial charge in [-0.15, -0.1) is 0 Å². The zero-order valence-electron chi connectivity index (χ0n) is 31.8. The number of rotatable bonds is 16. The molecule has 12 heteroatoms. The second-order valence-corrected chi connectivity index (χ2v) is 15.0. The average Bonchev–Trinajstić information content (AvgIpc) is 3.71. The number of fused-ring (bicyclic) bond motifs is 4. The molecule has 3 aliphatic heterocycles. The molecule has 56 heavy (non-hydrogen) atoms. The van der Waals surface area contributed by atoms with E-state index in [9.17, 15) is 14.4 Å². The third-order valence-electron chi connectivity index (χ3n) is 11.2. The van der Waals surface area contributed by atoms with Gasteiger partial charge in [0.05, 0.1) is 24.3 Å². The van der Waals surface area contributed by atoms with Gasteiger partial charge in [-0.1, -0.05) is 24.8 Å². The third-order valence-corrected chi connectivity index (χ3v) is 11.2. The minimum absolute atomic E-state index is 0.293. The van der Waals surface area contributed by atoms with Crippen molar-refractivity contribution in [2.24, 2.45) is 0 Å². The molecule has 3 amide bonds. The summed E-state index contributed by atoms with van der Waals surface area (Å²) in [6.07, 6.45) is 11.5. The monoisotopic (exact) mass is 755 g/mol. The molecule has 290 valence electrons. The van der Waals surface area contributed by atoms with Gasteiger partial charge in [-0.05, 0) is 93.5 Å². The SMILES string of the molecule is C=C1CCC(N2C(=O)c3ccc(OCCCCCN4CCN(CCOCCCc5ccc(-c6ccc7c(c6)[nH]c6ccncc67)cn5)CC4)cc3C2=O)C(=O)N1. The maximum atomic E-state index is 13.1. The summed E-state index contributed by atoms with van der Waals surface area (Å²) < 4.78 is 11.9. The number of nitrogens with zero attached hydrogens (tertiary/aromatic N) is 5. The van der Waals surface area contributed by atoms with Crippen molar-refractivity contribution in [2.75, 3.05) is 59.1 Å². The number of ether oxygens (including phenoxy) is 2. The summed E-state index contributed by atoms with van der Waals surface area (Å²) in [5.74, 6) is -0.687. The van der Waals surface area contributed by atoms with Crippen LogP contribution in [-0.2, 0) is 16.0 Å². The molecule has 0 aliphatic carbocycles. The Kier molecular flexibility index (Phi) is 11.5. The van der Waals surface area contributed by atoms with E-state index in [0.29, 0.717) is 42.0 Å². The Bertz CT molecular complexity index is 2230. The number of H-pyrrole nitrogens is 1. The smallest absolute Gasteiger partial charge is 0.262 e. The molecule has 1 atom stereocenters. The Morgan fingerprint density at radius 3 is 2.39 bits per heavy atom. The molecule has 2 N–H and O–H groups in total. The first kappa shape index (κ1) is 37.5. The number of carbonyl (C=O) groups is 3. The van der Waals surface area contributed by atoms with E-state index < -0.39 is 17.9 Å². The van der Waals surface area contributed by atoms with Gasteiger partial charge in [-0.3, -0.25) is 34.2 Å². The van der Waals surface area contributed by atoms with E-state index >= 15 is 0 Å². The number of hydrogen-bond acceptors (Lipinski definition) is 9. The molecular weight excluding hydrogens is 707 g/mol. The molecule has 5 aromatic rings. The summed E-state index contributed by atoms with van der Waals surface area (Å²) in [6, 6.07) is 16.9. The van der Waals surface area contributed by atoms with E-state index in [1.165, 1.54) is 5.39 Å². The maximum Gasteiger partial charge on any atom is 0.262 e. The number of unbranched alkanes of at least 4 members (excludes halogenated alkanes) is 2. The van der Waals surface area contributed by atoms with Crippen LogP contribution in [-0.4, -0.2) is 113 Å². The lowest BCUT2D eigenvalue weighted by atomic mass is 10.0. The van der Waals surface area contributed by atoms with Crippen molar-refractivity contribution in [3.05, 3.63) is 102 Å². The van der Waals surface area contributed by atoms with Crippen molar-refractivity contribution in [3.8, 4) is 16.9 Å². The lowest BCUT2D eigenvalue weighted by Gasteiger charge is -2.34. The van der Waals surface area contributed by atoms with Crippen molar-refractivity contribution < 1.29 is 23.9 Å². The number of benzene rings is 2. The van der Waals surface area contributed by atoms with Gasteiger partial charge in [-0.2, -0.15) is 0 Å². The summed E-state index contributed by atoms with van der Waals surface area (Å²) in [5, 5.41) is 4.98. The normalized spacial score (nSPS) is 17.9. The number of pyridine rings is 2. The largest absolute Gasteiger partial charge is 0.494 e. The van der Waals surface area contributed by atoms with Crippen molar-refractivity contribution in [3.63, 3.8) is 0 Å². The van der Waals surface area contributed by atoms with Gasteiger partial charge in [0.2, 0.25) is 5.91 Å². The summed E-state index contributed by atoms with van der Waals surface area (Å²) in [7, 11) is 0. The topological polar surface area (TPSA) is 133 Å². The summed E-state index contributed by atoms with van der Waals surface area (Å²) in [5.41, 5.74) is 6.75. The first-order chi connectivity index (χ1) is 27.4. The van der Waals surface area contributed by atoms with Crippen LogP contribution in [0.5, 0.6) is 5.75 Å². The van der Waals surface area contributed by atoms with Crippen LogP contribution >= 0.6 is 0 Å². The molecular formula is C44H49N7O5. The Balaban J connectivity index is 0.663. The van der Waals surface area contributed by atoms with Crippen LogP contribution in [0.4, 0.5) is 0 Å². The molecule has 0 bridgehead atoms. The number of imide groups is 1. The number of piperidine rings is 1. The number of piperazine rings is 1. The van der Waals surface area contributed by atoms with Crippen LogP contribution in [0, 0.1) is 0 Å². The minimum Gasteiger partial charge on any atom is -0.494 e. The number of amides is 3. The van der Waals surface area contributed by atoms with Gasteiger partial charge in [0.15, 0.2) is 0 Å². The lowest BCUT2D eigenvalue weighted by Crippen LogP contribution is -2.51. The molecule has 12 nitrogen and oxygen atoms in total. The number of aromatic amines is 1. The zero-order chi connectivity index (χ0) is 38.4. The van der Waals surface area contributed by atoms with Crippen molar-refractivity contribution in [2.45, 2.75) is 51.0 Å².